The van der Waals surface area contributed by atoms with Crippen molar-refractivity contribution in [1.29, 1.82) is 0 Å². The molecule has 504 valence electrons. The summed E-state index contributed by atoms with van der Waals surface area (Å²) in [6.07, 6.45) is 16.8. The fourth-order valence-corrected chi connectivity index (χ4v) is 13.4. The van der Waals surface area contributed by atoms with Crippen LogP contribution in [0.1, 0.15) is 257 Å². The lowest BCUT2D eigenvalue weighted by molar-refractivity contribution is -0.148. The van der Waals surface area contributed by atoms with Crippen molar-refractivity contribution in [1.82, 2.24) is 46.3 Å². The summed E-state index contributed by atoms with van der Waals surface area (Å²) < 4.78 is 1.94. The maximum absolute atomic E-state index is 15.3. The number of hydrogen-bond acceptors (Lipinski definition) is 12. The highest BCUT2D eigenvalue weighted by Crippen LogP contribution is 2.35. The number of piperidine rings is 2. The molecule has 91 heavy (non-hydrogen) atoms. The van der Waals surface area contributed by atoms with Gasteiger partial charge in [0.25, 0.3) is 5.91 Å². The van der Waals surface area contributed by atoms with E-state index in [1.807, 2.05) is 52.3 Å². The Morgan fingerprint density at radius 2 is 1.00 bits per heavy atom. The van der Waals surface area contributed by atoms with Crippen LogP contribution in [0.2, 0.25) is 0 Å². The molecule has 0 radical (unpaired) electrons. The lowest BCUT2D eigenvalue weighted by atomic mass is 9.87. The number of fused-ring (bicyclic) bond motifs is 3. The van der Waals surface area contributed by atoms with Crippen molar-refractivity contribution in [3.05, 3.63) is 35.5 Å². The molecule has 21 heteroatoms. The van der Waals surface area contributed by atoms with E-state index < -0.39 is 113 Å². The maximum atomic E-state index is 15.3. The van der Waals surface area contributed by atoms with Crippen molar-refractivity contribution < 1.29 is 57.5 Å². The van der Waals surface area contributed by atoms with Crippen molar-refractivity contribution in [2.75, 3.05) is 13.1 Å². The molecule has 0 saturated carbocycles. The Bertz CT molecular complexity index is 2890. The molecule has 8 amide bonds. The zero-order valence-electron chi connectivity index (χ0n) is 55.8. The first-order valence-corrected chi connectivity index (χ1v) is 34.8. The molecule has 4 saturated heterocycles. The predicted octanol–water partition coefficient (Wildman–Crippen LogP) is 8.19. The summed E-state index contributed by atoms with van der Waals surface area (Å²) in [5.41, 5.74) is 1.53. The van der Waals surface area contributed by atoms with E-state index in [2.05, 4.69) is 38.8 Å². The van der Waals surface area contributed by atoms with Gasteiger partial charge in [0.15, 0.2) is 11.8 Å². The van der Waals surface area contributed by atoms with Gasteiger partial charge in [-0.3, -0.25) is 57.5 Å². The van der Waals surface area contributed by atoms with Crippen LogP contribution in [0.4, 0.5) is 0 Å². The molecule has 4 aliphatic heterocycles. The molecular weight excluding hydrogens is 1160 g/mol. The maximum Gasteiger partial charge on any atom is 0.251 e. The number of hydrogen-bond donors (Lipinski definition) is 6. The Morgan fingerprint density at radius 3 is 1.57 bits per heavy atom. The third kappa shape index (κ3) is 20.3. The number of benzene rings is 1. The first kappa shape index (κ1) is 73.3. The molecule has 21 nitrogen and oxygen atoms in total. The molecule has 1 aromatic carbocycles. The smallest absolute Gasteiger partial charge is 0.251 e. The number of aromatic nitrogens is 1. The first-order chi connectivity index (χ1) is 43.7. The number of unbranched alkanes of at least 4 members (excludes halogenated alkanes) is 11. The van der Waals surface area contributed by atoms with Crippen molar-refractivity contribution in [3.63, 3.8) is 0 Å². The fourth-order valence-electron chi connectivity index (χ4n) is 13.4. The summed E-state index contributed by atoms with van der Waals surface area (Å²) in [5.74, 6) is -6.77. The van der Waals surface area contributed by atoms with Gasteiger partial charge in [-0.25, -0.2) is 0 Å². The Kier molecular flexibility index (Phi) is 29.3. The van der Waals surface area contributed by atoms with Gasteiger partial charge in [-0.15, -0.1) is 0 Å². The summed E-state index contributed by atoms with van der Waals surface area (Å²) in [6.45, 7) is 13.5. The van der Waals surface area contributed by atoms with E-state index in [4.69, 9.17) is 0 Å². The first-order valence-electron chi connectivity index (χ1n) is 34.8. The summed E-state index contributed by atoms with van der Waals surface area (Å²) in [4.78, 5) is 173. The topological polar surface area (TPSA) is 288 Å². The third-order valence-corrected chi connectivity index (χ3v) is 19.7. The van der Waals surface area contributed by atoms with E-state index in [1.54, 1.807) is 25.1 Å². The summed E-state index contributed by atoms with van der Waals surface area (Å²) in [6, 6.07) is -2.72. The number of carbonyl (C=O) groups excluding carboxylic acids is 12. The molecule has 5 heterocycles. The largest absolute Gasteiger partial charge is 0.347 e. The number of nitrogens with zero attached hydrogens (tertiary/aromatic N) is 3. The summed E-state index contributed by atoms with van der Waals surface area (Å²) in [7, 11) is 1.85. The molecule has 6 rings (SSSR count). The molecule has 1 aromatic heterocycles. The van der Waals surface area contributed by atoms with Gasteiger partial charge in [0.1, 0.15) is 59.6 Å². The van der Waals surface area contributed by atoms with Gasteiger partial charge in [0.2, 0.25) is 41.4 Å². The summed E-state index contributed by atoms with van der Waals surface area (Å²) >= 11 is 0. The van der Waals surface area contributed by atoms with Gasteiger partial charge in [-0.05, 0) is 100 Å². The van der Waals surface area contributed by atoms with E-state index in [9.17, 15) is 47.9 Å². The normalized spacial score (nSPS) is 24.5. The van der Waals surface area contributed by atoms with Crippen molar-refractivity contribution in [2.24, 2.45) is 18.9 Å². The average Bonchev–Trinajstić information content (AvgIpc) is 1.84. The zero-order valence-corrected chi connectivity index (χ0v) is 55.8. The molecule has 1 unspecified atom stereocenters. The highest BCUT2D eigenvalue weighted by Gasteiger charge is 2.45. The Labute approximate surface area is 539 Å². The second kappa shape index (κ2) is 36.4. The molecule has 6 N–H and O–H groups in total. The van der Waals surface area contributed by atoms with E-state index >= 15 is 9.59 Å². The Morgan fingerprint density at radius 1 is 0.505 bits per heavy atom. The van der Waals surface area contributed by atoms with Gasteiger partial charge in [0, 0.05) is 86.7 Å². The third-order valence-electron chi connectivity index (χ3n) is 19.7. The number of aryl methyl sites for hydroxylation is 1. The van der Waals surface area contributed by atoms with Crippen molar-refractivity contribution >= 4 is 81.3 Å². The second-order valence-corrected chi connectivity index (χ2v) is 26.4. The molecule has 0 aliphatic carbocycles. The number of amides is 8. The van der Waals surface area contributed by atoms with Gasteiger partial charge >= 0.3 is 0 Å². The zero-order chi connectivity index (χ0) is 66.3. The van der Waals surface area contributed by atoms with Gasteiger partial charge in [-0.1, -0.05) is 132 Å². The molecule has 0 bridgehead atoms. The van der Waals surface area contributed by atoms with Crippen molar-refractivity contribution in [3.8, 4) is 0 Å². The quantitative estimate of drug-likeness (QED) is 0.0230. The van der Waals surface area contributed by atoms with Crippen LogP contribution in [-0.2, 0) is 59.8 Å². The fraction of sp³-hybridized carbons (Fsp3) is 0.714. The van der Waals surface area contributed by atoms with Gasteiger partial charge in [0.05, 0.1) is 0 Å². The van der Waals surface area contributed by atoms with E-state index in [0.717, 1.165) is 37.8 Å². The predicted molar refractivity (Wildman–Crippen MR) is 348 cm³/mol. The minimum absolute atomic E-state index is 0.0373. The number of carbonyl (C=O) groups is 12. The minimum Gasteiger partial charge on any atom is -0.347 e. The SMILES string of the molecule is CCCCCCCCCCC(=O)C[C@@H]1NC(=O)[C@H](CCCCCC(=O)CC)NC(=O)[C@H]2CCC(c3cc4cc(C(=O)[C@H]5NC(=O)[C@H](CCCCCC(=O)CC)NC(=O)[C@H]6CCCCN6C(=O)[C@H]([C@H](C)CC)NC5=O)ccc4n3C)CN2C(=O)[C@H]([C@H](C)CC)NC1=O. The number of rotatable bonds is 32. The van der Waals surface area contributed by atoms with Gasteiger partial charge in [-0.2, -0.15) is 0 Å². The van der Waals surface area contributed by atoms with E-state index in [0.29, 0.717) is 120 Å². The molecule has 4 fully saturated rings. The van der Waals surface area contributed by atoms with Crippen LogP contribution in [0.5, 0.6) is 0 Å². The number of Topliss-reactive ketones (excluding diaryl/α,β-unsaturated/α-hetero) is 4. The second-order valence-electron chi connectivity index (χ2n) is 26.4. The Balaban J connectivity index is 1.30. The standard InChI is InChI=1S/C70H107N9O12/c1-9-14-15-16-17-18-19-22-31-51(82)42-54-65(86)74-60(45(7)11-3)70(91)79-43-47(36-38-57(79)67(88)71-52(63(84)73-54)32-25-20-23-29-49(80)12-4)58-41-48-40-46(35-37-55(48)77(58)8)62(83)61-68(89)75-59(44(6)10-2)69(90)78-39-28-27-34-56(78)66(87)72-53(64(85)76-61)33-26-21-24-30-50(81)13-5/h35,37,40-41,44-45,47,52-54,56-57,59-61H,9-34,36,38-39,42-43H2,1-8H3,(H,71,88)(H,72,87)(H,73,84)(H,74,86)(H,75,89)(H,76,85)/t44-,45-,47?,52+,53+,54+,56-,57-,59+,60+,61-/m1/s1. The molecule has 0 spiro atoms. The minimum atomic E-state index is -1.82. The van der Waals surface area contributed by atoms with Crippen LogP contribution in [0, 0.1) is 11.8 Å². The Hall–Kier alpha value is -6.80. The monoisotopic (exact) mass is 1270 g/mol. The highest BCUT2D eigenvalue weighted by atomic mass is 16.2. The van der Waals surface area contributed by atoms with Crippen LogP contribution < -0.4 is 31.9 Å². The van der Waals surface area contributed by atoms with Crippen molar-refractivity contribution in [2.45, 2.75) is 289 Å². The van der Waals surface area contributed by atoms with Crippen LogP contribution in [0.25, 0.3) is 10.9 Å². The van der Waals surface area contributed by atoms with Crippen LogP contribution in [0.15, 0.2) is 24.3 Å². The molecule has 11 atom stereocenters. The molecule has 4 aliphatic rings. The van der Waals surface area contributed by atoms with Gasteiger partial charge < -0.3 is 46.3 Å². The average molecular weight is 1270 g/mol. The van der Waals surface area contributed by atoms with E-state index in [-0.39, 0.29) is 74.0 Å². The lowest BCUT2D eigenvalue weighted by Gasteiger charge is -2.42. The number of nitrogens with one attached hydrogen (secondary N) is 6. The van der Waals surface area contributed by atoms with E-state index in [1.165, 1.54) is 22.6 Å². The lowest BCUT2D eigenvalue weighted by Crippen LogP contribution is -2.65. The van der Waals surface area contributed by atoms with Crippen LogP contribution >= 0.6 is 0 Å². The van der Waals surface area contributed by atoms with Crippen LogP contribution in [-0.4, -0.2) is 146 Å². The summed E-state index contributed by atoms with van der Waals surface area (Å²) in [5, 5.41) is 17.8. The molecule has 2 aromatic rings. The highest BCUT2D eigenvalue weighted by molar-refractivity contribution is 6.17. The molecular formula is C70H107N9O12. The van der Waals surface area contributed by atoms with Crippen LogP contribution in [0.3, 0.4) is 0 Å². The number of ketones is 4.